The summed E-state index contributed by atoms with van der Waals surface area (Å²) in [6, 6.07) is 8.74. The summed E-state index contributed by atoms with van der Waals surface area (Å²) in [4.78, 5) is 39.5. The van der Waals surface area contributed by atoms with Crippen LogP contribution in [0.25, 0.3) is 0 Å². The maximum Gasteiger partial charge on any atom is 0.355 e. The first-order valence-electron chi connectivity index (χ1n) is 9.58. The van der Waals surface area contributed by atoms with E-state index in [1.54, 1.807) is 20.8 Å². The van der Waals surface area contributed by atoms with E-state index in [0.717, 1.165) is 11.1 Å². The minimum absolute atomic E-state index is 0.209. The molecular weight excluding hydrogens is 388 g/mol. The zero-order valence-corrected chi connectivity index (χ0v) is 17.9. The lowest BCUT2D eigenvalue weighted by molar-refractivity contribution is -0.158. The highest BCUT2D eigenvalue weighted by Gasteiger charge is 2.54. The second kappa shape index (κ2) is 8.45. The van der Waals surface area contributed by atoms with Crippen molar-refractivity contribution in [3.8, 4) is 0 Å². The Balaban J connectivity index is 1.75. The van der Waals surface area contributed by atoms with E-state index in [2.05, 4.69) is 5.32 Å². The van der Waals surface area contributed by atoms with E-state index in [0.29, 0.717) is 5.75 Å². The van der Waals surface area contributed by atoms with E-state index in [1.807, 2.05) is 49.4 Å². The molecule has 0 aromatic heterocycles. The smallest absolute Gasteiger partial charge is 0.355 e. The van der Waals surface area contributed by atoms with Crippen molar-refractivity contribution in [2.45, 2.75) is 51.1 Å². The van der Waals surface area contributed by atoms with Gasteiger partial charge in [-0.25, -0.2) is 4.79 Å². The number of β-lactam (4-membered cyclic amide) rings is 1. The van der Waals surface area contributed by atoms with E-state index in [9.17, 15) is 14.4 Å². The molecule has 0 aliphatic carbocycles. The van der Waals surface area contributed by atoms with Crippen molar-refractivity contribution >= 4 is 29.5 Å². The van der Waals surface area contributed by atoms with Crippen LogP contribution < -0.4 is 5.32 Å². The molecule has 3 rings (SSSR count). The molecule has 1 saturated heterocycles. The van der Waals surface area contributed by atoms with Crippen LogP contribution in [0.5, 0.6) is 0 Å². The maximum absolute atomic E-state index is 12.8. The number of nitrogens with zero attached hydrogens (tertiary/aromatic N) is 1. The Hall–Kier alpha value is -2.54. The average Bonchev–Trinajstić information content (AvgIpc) is 2.65. The van der Waals surface area contributed by atoms with Crippen LogP contribution in [-0.4, -0.2) is 45.5 Å². The van der Waals surface area contributed by atoms with Gasteiger partial charge in [0.25, 0.3) is 5.91 Å². The molecule has 154 valence electrons. The van der Waals surface area contributed by atoms with Crippen LogP contribution >= 0.6 is 11.8 Å². The van der Waals surface area contributed by atoms with E-state index >= 15 is 0 Å². The highest BCUT2D eigenvalue weighted by atomic mass is 32.2. The molecule has 7 heteroatoms. The second-order valence-electron chi connectivity index (χ2n) is 7.99. The van der Waals surface area contributed by atoms with E-state index < -0.39 is 17.6 Å². The van der Waals surface area contributed by atoms with E-state index in [4.69, 9.17) is 4.74 Å². The van der Waals surface area contributed by atoms with Crippen LogP contribution in [0.3, 0.4) is 0 Å². The van der Waals surface area contributed by atoms with Crippen molar-refractivity contribution in [1.29, 1.82) is 0 Å². The lowest BCUT2D eigenvalue weighted by Crippen LogP contribution is -2.70. The molecule has 0 radical (unpaired) electrons. The minimum Gasteiger partial charge on any atom is -0.455 e. The Kier molecular flexibility index (Phi) is 6.17. The van der Waals surface area contributed by atoms with Gasteiger partial charge in [0.15, 0.2) is 0 Å². The summed E-state index contributed by atoms with van der Waals surface area (Å²) in [5, 5.41) is 2.52. The van der Waals surface area contributed by atoms with Gasteiger partial charge in [-0.2, -0.15) is 0 Å². The van der Waals surface area contributed by atoms with Crippen molar-refractivity contribution in [2.24, 2.45) is 0 Å². The first-order chi connectivity index (χ1) is 13.7. The minimum atomic E-state index is -0.664. The molecular formula is C22H26N2O4S. The Morgan fingerprint density at radius 3 is 2.59 bits per heavy atom. The molecule has 1 aromatic carbocycles. The van der Waals surface area contributed by atoms with Crippen molar-refractivity contribution < 1.29 is 19.1 Å². The average molecular weight is 415 g/mol. The van der Waals surface area contributed by atoms with Crippen LogP contribution in [0.2, 0.25) is 0 Å². The van der Waals surface area contributed by atoms with E-state index in [-0.39, 0.29) is 29.3 Å². The van der Waals surface area contributed by atoms with Crippen LogP contribution in [-0.2, 0) is 25.5 Å². The summed E-state index contributed by atoms with van der Waals surface area (Å²) in [5.41, 5.74) is 1.25. The summed E-state index contributed by atoms with van der Waals surface area (Å²) in [5.74, 6) is -0.444. The highest BCUT2D eigenvalue weighted by molar-refractivity contribution is 8.00. The SMILES string of the molecule is C/C=C/C1=C(C(=O)OC(C)(C)C)N2C(=O)[C@@H](NC(=O)Cc3ccccc3)[C@H]2SC1. The number of esters is 1. The predicted octanol–water partition coefficient (Wildman–Crippen LogP) is 2.80. The molecule has 2 amide bonds. The van der Waals surface area contributed by atoms with Crippen molar-refractivity contribution in [3.63, 3.8) is 0 Å². The lowest BCUT2D eigenvalue weighted by atomic mass is 10.0. The summed E-state index contributed by atoms with van der Waals surface area (Å²) in [6.07, 6.45) is 3.88. The fraction of sp³-hybridized carbons (Fsp3) is 0.409. The van der Waals surface area contributed by atoms with Gasteiger partial charge in [-0.1, -0.05) is 42.5 Å². The normalized spacial score (nSPS) is 21.7. The summed E-state index contributed by atoms with van der Waals surface area (Å²) >= 11 is 1.53. The van der Waals surface area contributed by atoms with Gasteiger partial charge < -0.3 is 10.1 Å². The van der Waals surface area contributed by atoms with Crippen molar-refractivity contribution in [3.05, 3.63) is 59.3 Å². The number of amides is 2. The number of allylic oxidation sites excluding steroid dienone is 2. The number of hydrogen-bond donors (Lipinski definition) is 1. The van der Waals surface area contributed by atoms with Gasteiger partial charge >= 0.3 is 5.97 Å². The van der Waals surface area contributed by atoms with Crippen LogP contribution in [0.4, 0.5) is 0 Å². The van der Waals surface area contributed by atoms with Crippen LogP contribution in [0.1, 0.15) is 33.3 Å². The molecule has 1 fully saturated rings. The van der Waals surface area contributed by atoms with Gasteiger partial charge in [0, 0.05) is 5.75 Å². The van der Waals surface area contributed by atoms with Crippen molar-refractivity contribution in [2.75, 3.05) is 5.75 Å². The molecule has 0 spiro atoms. The Morgan fingerprint density at radius 2 is 1.97 bits per heavy atom. The quantitative estimate of drug-likeness (QED) is 0.592. The van der Waals surface area contributed by atoms with Gasteiger partial charge in [0.2, 0.25) is 5.91 Å². The second-order valence-corrected chi connectivity index (χ2v) is 9.10. The molecule has 0 unspecified atom stereocenters. The Bertz CT molecular complexity index is 871. The summed E-state index contributed by atoms with van der Waals surface area (Å²) in [6.45, 7) is 7.24. The van der Waals surface area contributed by atoms with Gasteiger partial charge in [-0.3, -0.25) is 14.5 Å². The largest absolute Gasteiger partial charge is 0.455 e. The molecule has 29 heavy (non-hydrogen) atoms. The first kappa shape index (κ1) is 21.2. The zero-order valence-electron chi connectivity index (χ0n) is 17.1. The number of hydrogen-bond acceptors (Lipinski definition) is 5. The standard InChI is InChI=1S/C22H26N2O4S/c1-5-9-15-13-29-20-17(23-16(25)12-14-10-7-6-8-11-14)19(26)24(20)18(15)21(27)28-22(2,3)4/h5-11,17,20H,12-13H2,1-4H3,(H,23,25)/b9-5+/t17-,20-/m1/s1. The number of ether oxygens (including phenoxy) is 1. The van der Waals surface area contributed by atoms with Gasteiger partial charge in [-0.05, 0) is 38.8 Å². The lowest BCUT2D eigenvalue weighted by Gasteiger charge is -2.49. The van der Waals surface area contributed by atoms with Gasteiger partial charge in [0.05, 0.1) is 6.42 Å². The predicted molar refractivity (Wildman–Crippen MR) is 113 cm³/mol. The molecule has 2 atom stereocenters. The number of carbonyl (C=O) groups is 3. The number of carbonyl (C=O) groups excluding carboxylic acids is 3. The van der Waals surface area contributed by atoms with Gasteiger partial charge in [-0.15, -0.1) is 11.8 Å². The fourth-order valence-corrected chi connectivity index (χ4v) is 4.61. The van der Waals surface area contributed by atoms with Crippen molar-refractivity contribution in [1.82, 2.24) is 10.2 Å². The van der Waals surface area contributed by atoms with Crippen LogP contribution in [0, 0.1) is 0 Å². The molecule has 1 aromatic rings. The first-order valence-corrected chi connectivity index (χ1v) is 10.6. The number of benzene rings is 1. The summed E-state index contributed by atoms with van der Waals surface area (Å²) in [7, 11) is 0. The molecule has 6 nitrogen and oxygen atoms in total. The monoisotopic (exact) mass is 414 g/mol. The zero-order chi connectivity index (χ0) is 21.2. The highest BCUT2D eigenvalue weighted by Crippen LogP contribution is 2.41. The molecule has 0 saturated carbocycles. The molecule has 2 heterocycles. The molecule has 0 bridgehead atoms. The number of thioether (sulfide) groups is 1. The number of nitrogens with one attached hydrogen (secondary N) is 1. The fourth-order valence-electron chi connectivity index (χ4n) is 3.29. The van der Waals surface area contributed by atoms with Crippen LogP contribution in [0.15, 0.2) is 53.8 Å². The number of fused-ring (bicyclic) bond motifs is 1. The van der Waals surface area contributed by atoms with E-state index in [1.165, 1.54) is 16.7 Å². The third-order valence-corrected chi connectivity index (χ3v) is 5.78. The third-order valence-electron chi connectivity index (χ3n) is 4.48. The van der Waals surface area contributed by atoms with Gasteiger partial charge in [0.1, 0.15) is 22.7 Å². The molecule has 2 aliphatic rings. The Morgan fingerprint density at radius 1 is 1.28 bits per heavy atom. The Labute approximate surface area is 175 Å². The molecule has 1 N–H and O–H groups in total. The third kappa shape index (κ3) is 4.72. The molecule has 2 aliphatic heterocycles. The maximum atomic E-state index is 12.8. The number of rotatable bonds is 5. The summed E-state index contributed by atoms with van der Waals surface area (Å²) < 4.78 is 5.53. The topological polar surface area (TPSA) is 75.7 Å².